The summed E-state index contributed by atoms with van der Waals surface area (Å²) in [4.78, 5) is 28.4. The fourth-order valence-corrected chi connectivity index (χ4v) is 3.36. The zero-order valence-corrected chi connectivity index (χ0v) is 16.0. The third-order valence-electron chi connectivity index (χ3n) is 4.54. The number of H-pyrrole nitrogens is 1. The molecule has 0 radical (unpaired) electrons. The Hall–Kier alpha value is -3.58. The van der Waals surface area contributed by atoms with E-state index in [9.17, 15) is 14.0 Å². The highest BCUT2D eigenvalue weighted by atomic mass is 32.1. The molecule has 0 saturated carbocycles. The van der Waals surface area contributed by atoms with Crippen LogP contribution in [-0.2, 0) is 6.54 Å². The predicted molar refractivity (Wildman–Crippen MR) is 112 cm³/mol. The summed E-state index contributed by atoms with van der Waals surface area (Å²) in [5.74, 6) is -0.651. The van der Waals surface area contributed by atoms with E-state index in [1.165, 1.54) is 28.8 Å². The molecule has 3 aromatic carbocycles. The number of aromatic nitrogens is 2. The van der Waals surface area contributed by atoms with Crippen LogP contribution in [0, 0.1) is 10.6 Å². The zero-order valence-electron chi connectivity index (χ0n) is 15.2. The van der Waals surface area contributed by atoms with Gasteiger partial charge in [0, 0.05) is 12.1 Å². The number of halogens is 1. The molecule has 5 nitrogen and oxygen atoms in total. The van der Waals surface area contributed by atoms with Crippen LogP contribution in [0.25, 0.3) is 16.6 Å². The fraction of sp³-hybridized carbons (Fsp3) is 0.0455. The number of carbonyl (C=O) groups is 1. The number of nitrogens with one attached hydrogen (secondary N) is 2. The lowest BCUT2D eigenvalue weighted by atomic mass is 10.1. The van der Waals surface area contributed by atoms with Gasteiger partial charge >= 0.3 is 0 Å². The molecule has 0 aliphatic carbocycles. The van der Waals surface area contributed by atoms with E-state index in [0.29, 0.717) is 28.7 Å². The van der Waals surface area contributed by atoms with Crippen molar-refractivity contribution in [3.8, 4) is 5.69 Å². The van der Waals surface area contributed by atoms with Gasteiger partial charge in [-0.3, -0.25) is 14.2 Å². The molecule has 4 aromatic rings. The Morgan fingerprint density at radius 1 is 1.03 bits per heavy atom. The Labute approximate surface area is 170 Å². The summed E-state index contributed by atoms with van der Waals surface area (Å²) in [6.45, 7) is 0.403. The van der Waals surface area contributed by atoms with Crippen LogP contribution in [0.4, 0.5) is 4.39 Å². The van der Waals surface area contributed by atoms with Gasteiger partial charge in [-0.15, -0.1) is 0 Å². The summed E-state index contributed by atoms with van der Waals surface area (Å²) in [6, 6.07) is 19.9. The molecule has 4 rings (SSSR count). The smallest absolute Gasteiger partial charge is 0.266 e. The van der Waals surface area contributed by atoms with Crippen molar-refractivity contribution in [1.82, 2.24) is 14.9 Å². The highest BCUT2D eigenvalue weighted by molar-refractivity contribution is 7.71. The van der Waals surface area contributed by atoms with Gasteiger partial charge in [-0.25, -0.2) is 4.39 Å². The molecule has 0 bridgehead atoms. The van der Waals surface area contributed by atoms with Crippen molar-refractivity contribution in [1.29, 1.82) is 0 Å². The molecule has 1 amide bonds. The number of carbonyl (C=O) groups excluding carboxylic acids is 1. The molecule has 0 spiro atoms. The topological polar surface area (TPSA) is 66.9 Å². The van der Waals surface area contributed by atoms with Crippen LogP contribution in [-0.4, -0.2) is 15.5 Å². The molecule has 0 fully saturated rings. The van der Waals surface area contributed by atoms with Crippen molar-refractivity contribution < 1.29 is 9.18 Å². The van der Waals surface area contributed by atoms with E-state index in [4.69, 9.17) is 12.2 Å². The van der Waals surface area contributed by atoms with Crippen LogP contribution >= 0.6 is 12.2 Å². The minimum absolute atomic E-state index is 0.163. The number of amides is 1. The van der Waals surface area contributed by atoms with E-state index in [0.717, 1.165) is 5.56 Å². The molecule has 1 heterocycles. The first-order valence-electron chi connectivity index (χ1n) is 8.90. The molecule has 0 aliphatic rings. The normalized spacial score (nSPS) is 10.8. The quantitative estimate of drug-likeness (QED) is 0.502. The lowest BCUT2D eigenvalue weighted by Gasteiger charge is -2.10. The van der Waals surface area contributed by atoms with Gasteiger partial charge in [-0.2, -0.15) is 0 Å². The summed E-state index contributed by atoms with van der Waals surface area (Å²) >= 11 is 5.32. The standard InChI is InChI=1S/C22H16FN3O2S/c23-16-7-9-17(10-8-16)26-21(28)18-11-6-15(12-19(18)25-22(26)29)20(27)24-13-14-4-2-1-3-5-14/h1-12H,13H2,(H,24,27)(H,25,29). The summed E-state index contributed by atoms with van der Waals surface area (Å²) < 4.78 is 14.6. The average molecular weight is 405 g/mol. The van der Waals surface area contributed by atoms with Gasteiger partial charge in [-0.1, -0.05) is 30.3 Å². The Bertz CT molecular complexity index is 1310. The molecule has 29 heavy (non-hydrogen) atoms. The second kappa shape index (κ2) is 7.81. The first-order valence-corrected chi connectivity index (χ1v) is 9.31. The van der Waals surface area contributed by atoms with E-state index >= 15 is 0 Å². The van der Waals surface area contributed by atoms with Crippen molar-refractivity contribution in [3.05, 3.63) is 105 Å². The third-order valence-corrected chi connectivity index (χ3v) is 4.83. The SMILES string of the molecule is O=C(NCc1ccccc1)c1ccc2c(=O)n(-c3ccc(F)cc3)c(=S)[nH]c2c1. The second-order valence-corrected chi connectivity index (χ2v) is 6.86. The summed E-state index contributed by atoms with van der Waals surface area (Å²) in [5.41, 5.74) is 1.99. The molecule has 0 atom stereocenters. The molecule has 7 heteroatoms. The summed E-state index contributed by atoms with van der Waals surface area (Å²) in [6.07, 6.45) is 0. The average Bonchev–Trinajstić information content (AvgIpc) is 2.73. The lowest BCUT2D eigenvalue weighted by Crippen LogP contribution is -2.24. The lowest BCUT2D eigenvalue weighted by molar-refractivity contribution is 0.0951. The van der Waals surface area contributed by atoms with Crippen LogP contribution in [0.2, 0.25) is 0 Å². The molecular weight excluding hydrogens is 389 g/mol. The summed E-state index contributed by atoms with van der Waals surface area (Å²) in [7, 11) is 0. The molecular formula is C22H16FN3O2S. The van der Waals surface area contributed by atoms with Gasteiger partial charge in [0.2, 0.25) is 0 Å². The van der Waals surface area contributed by atoms with E-state index in [1.54, 1.807) is 18.2 Å². The maximum absolute atomic E-state index is 13.2. The molecule has 144 valence electrons. The van der Waals surface area contributed by atoms with Crippen LogP contribution in [0.3, 0.4) is 0 Å². The minimum Gasteiger partial charge on any atom is -0.348 e. The van der Waals surface area contributed by atoms with Gasteiger partial charge in [0.1, 0.15) is 5.82 Å². The van der Waals surface area contributed by atoms with Gasteiger partial charge < -0.3 is 10.3 Å². The van der Waals surface area contributed by atoms with Crippen molar-refractivity contribution >= 4 is 29.0 Å². The number of hydrogen-bond acceptors (Lipinski definition) is 3. The Kier molecular flexibility index (Phi) is 5.05. The van der Waals surface area contributed by atoms with Gasteiger partial charge in [0.15, 0.2) is 4.77 Å². The first-order chi connectivity index (χ1) is 14.0. The Balaban J connectivity index is 1.67. The van der Waals surface area contributed by atoms with E-state index in [-0.39, 0.29) is 16.2 Å². The van der Waals surface area contributed by atoms with Gasteiger partial charge in [0.05, 0.1) is 16.6 Å². The predicted octanol–water partition coefficient (Wildman–Crippen LogP) is 4.12. The number of benzene rings is 3. The Morgan fingerprint density at radius 3 is 2.48 bits per heavy atom. The van der Waals surface area contributed by atoms with Crippen molar-refractivity contribution in [3.63, 3.8) is 0 Å². The Morgan fingerprint density at radius 2 is 1.76 bits per heavy atom. The number of aromatic amines is 1. The minimum atomic E-state index is -0.399. The molecule has 1 aromatic heterocycles. The number of nitrogens with zero attached hydrogens (tertiary/aromatic N) is 1. The fourth-order valence-electron chi connectivity index (χ4n) is 3.06. The van der Waals surface area contributed by atoms with Crippen molar-refractivity contribution in [2.24, 2.45) is 0 Å². The largest absolute Gasteiger partial charge is 0.348 e. The molecule has 0 aliphatic heterocycles. The van der Waals surface area contributed by atoms with Crippen LogP contribution in [0.1, 0.15) is 15.9 Å². The maximum atomic E-state index is 13.2. The van der Waals surface area contributed by atoms with Crippen LogP contribution in [0.15, 0.2) is 77.6 Å². The first kappa shape index (κ1) is 18.8. The molecule has 2 N–H and O–H groups in total. The second-order valence-electron chi connectivity index (χ2n) is 6.48. The van der Waals surface area contributed by atoms with E-state index in [2.05, 4.69) is 10.3 Å². The van der Waals surface area contributed by atoms with E-state index < -0.39 is 5.82 Å². The van der Waals surface area contributed by atoms with Gasteiger partial charge in [-0.05, 0) is 60.2 Å². The van der Waals surface area contributed by atoms with Gasteiger partial charge in [0.25, 0.3) is 11.5 Å². The van der Waals surface area contributed by atoms with Crippen molar-refractivity contribution in [2.45, 2.75) is 6.54 Å². The molecule has 0 saturated heterocycles. The van der Waals surface area contributed by atoms with Crippen LogP contribution in [0.5, 0.6) is 0 Å². The number of fused-ring (bicyclic) bond motifs is 1. The van der Waals surface area contributed by atoms with Crippen molar-refractivity contribution in [2.75, 3.05) is 0 Å². The zero-order chi connectivity index (χ0) is 20.4. The third kappa shape index (κ3) is 3.86. The van der Waals surface area contributed by atoms with Crippen LogP contribution < -0.4 is 10.9 Å². The van der Waals surface area contributed by atoms with E-state index in [1.807, 2.05) is 30.3 Å². The highest BCUT2D eigenvalue weighted by Gasteiger charge is 2.11. The number of rotatable bonds is 4. The molecule has 0 unspecified atom stereocenters. The highest BCUT2D eigenvalue weighted by Crippen LogP contribution is 2.14. The monoisotopic (exact) mass is 405 g/mol. The maximum Gasteiger partial charge on any atom is 0.266 e. The summed E-state index contributed by atoms with van der Waals surface area (Å²) in [5, 5.41) is 3.23. The number of hydrogen-bond donors (Lipinski definition) is 2.